The number of para-hydroxylation sites is 1. The molecule has 6 heteroatoms. The molecule has 1 atom stereocenters. The zero-order chi connectivity index (χ0) is 18.8. The second kappa shape index (κ2) is 7.56. The Morgan fingerprint density at radius 1 is 1.26 bits per heavy atom. The van der Waals surface area contributed by atoms with E-state index < -0.39 is 0 Å². The first-order chi connectivity index (χ1) is 13.2. The third-order valence-corrected chi connectivity index (χ3v) is 5.54. The minimum atomic E-state index is 0.404. The molecule has 3 aromatic rings. The smallest absolute Gasteiger partial charge is 0.228 e. The Bertz CT molecular complexity index is 922. The molecule has 3 heterocycles. The number of aryl methyl sites for hydroxylation is 1. The summed E-state index contributed by atoms with van der Waals surface area (Å²) in [4.78, 5) is 13.7. The van der Waals surface area contributed by atoms with E-state index >= 15 is 0 Å². The van der Waals surface area contributed by atoms with Gasteiger partial charge in [0.05, 0.1) is 7.11 Å². The van der Waals surface area contributed by atoms with Crippen LogP contribution in [-0.4, -0.2) is 52.7 Å². The number of ether oxygens (including phenoxy) is 1. The first-order valence-electron chi connectivity index (χ1n) is 9.51. The second-order valence-corrected chi connectivity index (χ2v) is 7.32. The van der Waals surface area contributed by atoms with E-state index in [0.29, 0.717) is 11.9 Å². The van der Waals surface area contributed by atoms with Crippen LogP contribution in [0.3, 0.4) is 0 Å². The van der Waals surface area contributed by atoms with Crippen LogP contribution in [0.15, 0.2) is 42.7 Å². The molecule has 0 bridgehead atoms. The molecule has 0 saturated carbocycles. The van der Waals surface area contributed by atoms with Crippen molar-refractivity contribution in [3.05, 3.63) is 48.3 Å². The van der Waals surface area contributed by atoms with Crippen molar-refractivity contribution < 1.29 is 4.74 Å². The number of rotatable bonds is 5. The minimum Gasteiger partial charge on any atom is -0.481 e. The second-order valence-electron chi connectivity index (χ2n) is 7.32. The number of aromatic nitrogens is 3. The summed E-state index contributed by atoms with van der Waals surface area (Å²) < 4.78 is 7.47. The standard InChI is InChI=1S/C21H27N5O/c1-24-13-16(18-8-4-5-9-19(18)24)14-26-12-6-7-17(15-26)25(2)21-22-11-10-20(23-21)27-3/h4-5,8-11,13,17H,6-7,12,14-15H2,1-3H3. The highest BCUT2D eigenvalue weighted by Gasteiger charge is 2.25. The zero-order valence-corrected chi connectivity index (χ0v) is 16.3. The van der Waals surface area contributed by atoms with Crippen LogP contribution in [0.4, 0.5) is 5.95 Å². The van der Waals surface area contributed by atoms with Crippen molar-refractivity contribution in [2.45, 2.75) is 25.4 Å². The van der Waals surface area contributed by atoms with Gasteiger partial charge in [0.1, 0.15) is 0 Å². The van der Waals surface area contributed by atoms with Gasteiger partial charge < -0.3 is 14.2 Å². The molecule has 6 nitrogen and oxygen atoms in total. The van der Waals surface area contributed by atoms with Gasteiger partial charge in [0.15, 0.2) is 0 Å². The Labute approximate surface area is 160 Å². The van der Waals surface area contributed by atoms with Gasteiger partial charge in [0.25, 0.3) is 0 Å². The van der Waals surface area contributed by atoms with Crippen LogP contribution in [0.25, 0.3) is 10.9 Å². The van der Waals surface area contributed by atoms with E-state index in [0.717, 1.165) is 32.0 Å². The summed E-state index contributed by atoms with van der Waals surface area (Å²) in [5.74, 6) is 1.33. The van der Waals surface area contributed by atoms with E-state index in [2.05, 4.69) is 68.9 Å². The molecule has 2 aromatic heterocycles. The predicted octanol–water partition coefficient (Wildman–Crippen LogP) is 3.08. The molecule has 0 amide bonds. The first kappa shape index (κ1) is 17.8. The number of methoxy groups -OCH3 is 1. The highest BCUT2D eigenvalue weighted by molar-refractivity contribution is 5.83. The van der Waals surface area contributed by atoms with Crippen LogP contribution in [0.2, 0.25) is 0 Å². The number of nitrogens with zero attached hydrogens (tertiary/aromatic N) is 5. The lowest BCUT2D eigenvalue weighted by molar-refractivity contribution is 0.198. The predicted molar refractivity (Wildman–Crippen MR) is 108 cm³/mol. The molecule has 1 aliphatic rings. The number of fused-ring (bicyclic) bond motifs is 1. The SMILES string of the molecule is COc1ccnc(N(C)C2CCCN(Cc3cn(C)c4ccccc34)C2)n1. The molecule has 1 unspecified atom stereocenters. The fraction of sp³-hybridized carbons (Fsp3) is 0.429. The van der Waals surface area contributed by atoms with E-state index in [1.165, 1.54) is 22.9 Å². The van der Waals surface area contributed by atoms with Gasteiger partial charge in [-0.1, -0.05) is 18.2 Å². The van der Waals surface area contributed by atoms with Gasteiger partial charge in [0, 0.05) is 62.6 Å². The Morgan fingerprint density at radius 3 is 2.96 bits per heavy atom. The Kier molecular flexibility index (Phi) is 4.99. The van der Waals surface area contributed by atoms with E-state index in [-0.39, 0.29) is 0 Å². The molecule has 4 rings (SSSR count). The summed E-state index contributed by atoms with van der Waals surface area (Å²) >= 11 is 0. The fourth-order valence-corrected chi connectivity index (χ4v) is 4.06. The number of hydrogen-bond acceptors (Lipinski definition) is 5. The molecule has 1 saturated heterocycles. The Morgan fingerprint density at radius 2 is 2.11 bits per heavy atom. The normalized spacial score (nSPS) is 18.0. The molecule has 27 heavy (non-hydrogen) atoms. The molecule has 142 valence electrons. The van der Waals surface area contributed by atoms with Gasteiger partial charge in [0.2, 0.25) is 11.8 Å². The number of hydrogen-bond donors (Lipinski definition) is 0. The Balaban J connectivity index is 1.49. The molecule has 0 radical (unpaired) electrons. The number of piperidine rings is 1. The maximum Gasteiger partial charge on any atom is 0.228 e. The summed E-state index contributed by atoms with van der Waals surface area (Å²) in [6, 6.07) is 10.8. The maximum absolute atomic E-state index is 5.25. The lowest BCUT2D eigenvalue weighted by Gasteiger charge is -2.37. The van der Waals surface area contributed by atoms with E-state index in [4.69, 9.17) is 4.74 Å². The summed E-state index contributed by atoms with van der Waals surface area (Å²) in [7, 11) is 5.85. The van der Waals surface area contributed by atoms with Crippen molar-refractivity contribution in [3.63, 3.8) is 0 Å². The lowest BCUT2D eigenvalue weighted by atomic mass is 10.0. The zero-order valence-electron chi connectivity index (χ0n) is 16.3. The molecule has 0 spiro atoms. The Hall–Kier alpha value is -2.60. The molecule has 1 aromatic carbocycles. The molecule has 0 aliphatic carbocycles. The largest absolute Gasteiger partial charge is 0.481 e. The molecular formula is C21H27N5O. The third kappa shape index (κ3) is 3.62. The molecular weight excluding hydrogens is 338 g/mol. The van der Waals surface area contributed by atoms with Crippen molar-refractivity contribution in [2.24, 2.45) is 7.05 Å². The highest BCUT2D eigenvalue weighted by Crippen LogP contribution is 2.25. The molecule has 1 aliphatic heterocycles. The molecule has 0 N–H and O–H groups in total. The van der Waals surface area contributed by atoms with Crippen molar-refractivity contribution in [1.29, 1.82) is 0 Å². The van der Waals surface area contributed by atoms with Crippen LogP contribution in [0, 0.1) is 0 Å². The van der Waals surface area contributed by atoms with E-state index in [1.807, 2.05) is 0 Å². The summed E-state index contributed by atoms with van der Waals surface area (Å²) in [5.41, 5.74) is 2.69. The van der Waals surface area contributed by atoms with Crippen LogP contribution < -0.4 is 9.64 Å². The van der Waals surface area contributed by atoms with E-state index in [9.17, 15) is 0 Å². The van der Waals surface area contributed by atoms with Crippen molar-refractivity contribution in [1.82, 2.24) is 19.4 Å². The third-order valence-electron chi connectivity index (χ3n) is 5.54. The number of likely N-dealkylation sites (tertiary alicyclic amines) is 1. The summed E-state index contributed by atoms with van der Waals surface area (Å²) in [6.07, 6.45) is 6.37. The van der Waals surface area contributed by atoms with Crippen molar-refractivity contribution >= 4 is 16.9 Å². The first-order valence-corrected chi connectivity index (χ1v) is 9.51. The monoisotopic (exact) mass is 365 g/mol. The maximum atomic E-state index is 5.25. The van der Waals surface area contributed by atoms with Gasteiger partial charge in [-0.15, -0.1) is 0 Å². The van der Waals surface area contributed by atoms with Crippen LogP contribution in [-0.2, 0) is 13.6 Å². The van der Waals surface area contributed by atoms with Gasteiger partial charge >= 0.3 is 0 Å². The van der Waals surface area contributed by atoms with Crippen LogP contribution in [0.5, 0.6) is 5.88 Å². The average Bonchev–Trinajstić information content (AvgIpc) is 3.03. The van der Waals surface area contributed by atoms with Crippen LogP contribution in [0.1, 0.15) is 18.4 Å². The van der Waals surface area contributed by atoms with Crippen LogP contribution >= 0.6 is 0 Å². The van der Waals surface area contributed by atoms with Gasteiger partial charge in [-0.25, -0.2) is 4.98 Å². The van der Waals surface area contributed by atoms with Gasteiger partial charge in [-0.05, 0) is 31.0 Å². The van der Waals surface area contributed by atoms with Gasteiger partial charge in [-0.2, -0.15) is 4.98 Å². The summed E-state index contributed by atoms with van der Waals surface area (Å²) in [5, 5.41) is 1.35. The lowest BCUT2D eigenvalue weighted by Crippen LogP contribution is -2.46. The van der Waals surface area contributed by atoms with E-state index in [1.54, 1.807) is 19.4 Å². The number of anilines is 1. The topological polar surface area (TPSA) is 46.4 Å². The highest BCUT2D eigenvalue weighted by atomic mass is 16.5. The van der Waals surface area contributed by atoms with Crippen molar-refractivity contribution in [3.8, 4) is 5.88 Å². The number of likely N-dealkylation sites (N-methyl/N-ethyl adjacent to an activating group) is 1. The minimum absolute atomic E-state index is 0.404. The molecule has 1 fully saturated rings. The quantitative estimate of drug-likeness (QED) is 0.695. The number of benzene rings is 1. The average molecular weight is 365 g/mol. The van der Waals surface area contributed by atoms with Gasteiger partial charge in [-0.3, -0.25) is 4.90 Å². The van der Waals surface area contributed by atoms with Crippen molar-refractivity contribution in [2.75, 3.05) is 32.1 Å². The summed E-state index contributed by atoms with van der Waals surface area (Å²) in [6.45, 7) is 3.12. The fourth-order valence-electron chi connectivity index (χ4n) is 4.06.